The Hall–Kier alpha value is -0.800. The lowest BCUT2D eigenvalue weighted by atomic mass is 10.1. The van der Waals surface area contributed by atoms with Crippen LogP contribution in [0.15, 0.2) is 46.9 Å². The summed E-state index contributed by atoms with van der Waals surface area (Å²) >= 11 is 7.01. The van der Waals surface area contributed by atoms with Gasteiger partial charge in [-0.05, 0) is 41.8 Å². The molecule has 0 spiro atoms. The summed E-state index contributed by atoms with van der Waals surface area (Å²) in [5, 5.41) is 0.906. The molecule has 0 saturated carbocycles. The second-order valence-electron chi connectivity index (χ2n) is 4.74. The van der Waals surface area contributed by atoms with Gasteiger partial charge in [-0.1, -0.05) is 56.1 Å². The van der Waals surface area contributed by atoms with E-state index < -0.39 is 0 Å². The zero-order valence-corrected chi connectivity index (χ0v) is 14.3. The van der Waals surface area contributed by atoms with Crippen LogP contribution in [-0.4, -0.2) is 7.05 Å². The molecule has 0 heterocycles. The van der Waals surface area contributed by atoms with Crippen LogP contribution in [-0.2, 0) is 11.9 Å². The molecule has 0 aromatic heterocycles. The number of hydrogen-bond donors (Lipinski definition) is 0. The van der Waals surface area contributed by atoms with E-state index in [0.717, 1.165) is 16.3 Å². The van der Waals surface area contributed by atoms with Crippen LogP contribution in [0.1, 0.15) is 16.7 Å². The second-order valence-corrected chi connectivity index (χ2v) is 6.22. The molecule has 1 nitrogen and oxygen atoms in total. The smallest absolute Gasteiger partial charge is 0.0426 e. The predicted molar refractivity (Wildman–Crippen MR) is 90.1 cm³/mol. The minimum Gasteiger partial charge on any atom is -0.370 e. The van der Waals surface area contributed by atoms with Crippen LogP contribution in [0.4, 0.5) is 5.69 Å². The van der Waals surface area contributed by atoms with Crippen molar-refractivity contribution in [2.24, 2.45) is 0 Å². The first-order valence-electron chi connectivity index (χ1n) is 6.21. The maximum absolute atomic E-state index is 3.52. The molecule has 0 aliphatic carbocycles. The molecule has 0 saturated heterocycles. The van der Waals surface area contributed by atoms with Crippen molar-refractivity contribution < 1.29 is 0 Å². The molecule has 100 valence electrons. The highest BCUT2D eigenvalue weighted by Crippen LogP contribution is 2.23. The van der Waals surface area contributed by atoms with Crippen LogP contribution in [0, 0.1) is 6.92 Å². The highest BCUT2D eigenvalue weighted by Gasteiger charge is 2.06. The van der Waals surface area contributed by atoms with Gasteiger partial charge in [-0.3, -0.25) is 0 Å². The van der Waals surface area contributed by atoms with Crippen molar-refractivity contribution in [1.29, 1.82) is 0 Å². The normalized spacial score (nSPS) is 10.5. The van der Waals surface area contributed by atoms with Crippen LogP contribution < -0.4 is 4.90 Å². The Morgan fingerprint density at radius 2 is 1.84 bits per heavy atom. The molecular formula is C16H17Br2N. The van der Waals surface area contributed by atoms with Crippen molar-refractivity contribution in [2.45, 2.75) is 18.8 Å². The van der Waals surface area contributed by atoms with Gasteiger partial charge in [0.2, 0.25) is 0 Å². The summed E-state index contributed by atoms with van der Waals surface area (Å²) < 4.78 is 1.13. The van der Waals surface area contributed by atoms with Gasteiger partial charge < -0.3 is 4.90 Å². The van der Waals surface area contributed by atoms with Crippen LogP contribution in [0.3, 0.4) is 0 Å². The number of halogens is 2. The summed E-state index contributed by atoms with van der Waals surface area (Å²) in [6, 6.07) is 15.1. The fourth-order valence-corrected chi connectivity index (χ4v) is 3.02. The molecule has 0 unspecified atom stereocenters. The Bertz CT molecular complexity index is 566. The molecule has 2 aromatic rings. The third-order valence-corrected chi connectivity index (χ3v) is 4.28. The van der Waals surface area contributed by atoms with E-state index in [1.54, 1.807) is 0 Å². The number of anilines is 1. The molecule has 3 heteroatoms. The fourth-order valence-electron chi connectivity index (χ4n) is 2.22. The van der Waals surface area contributed by atoms with Gasteiger partial charge in [0, 0.05) is 29.1 Å². The van der Waals surface area contributed by atoms with Crippen molar-refractivity contribution in [2.75, 3.05) is 11.9 Å². The number of benzene rings is 2. The Morgan fingerprint density at radius 1 is 1.05 bits per heavy atom. The van der Waals surface area contributed by atoms with Crippen molar-refractivity contribution in [3.05, 3.63) is 63.6 Å². The van der Waals surface area contributed by atoms with Crippen LogP contribution in [0.5, 0.6) is 0 Å². The first kappa shape index (κ1) is 14.6. The van der Waals surface area contributed by atoms with E-state index in [1.807, 2.05) is 0 Å². The number of aryl methyl sites for hydroxylation is 1. The van der Waals surface area contributed by atoms with Crippen molar-refractivity contribution in [1.82, 2.24) is 0 Å². The third-order valence-electron chi connectivity index (χ3n) is 3.14. The van der Waals surface area contributed by atoms with E-state index >= 15 is 0 Å². The van der Waals surface area contributed by atoms with Crippen LogP contribution in [0.2, 0.25) is 0 Å². The third kappa shape index (κ3) is 3.83. The van der Waals surface area contributed by atoms with E-state index in [-0.39, 0.29) is 0 Å². The maximum Gasteiger partial charge on any atom is 0.0426 e. The summed E-state index contributed by atoms with van der Waals surface area (Å²) in [6.07, 6.45) is 0. The van der Waals surface area contributed by atoms with Gasteiger partial charge in [0.25, 0.3) is 0 Å². The molecule has 0 aliphatic rings. The summed E-state index contributed by atoms with van der Waals surface area (Å²) in [5.74, 6) is 0. The zero-order valence-electron chi connectivity index (χ0n) is 11.2. The van der Waals surface area contributed by atoms with Gasteiger partial charge >= 0.3 is 0 Å². The van der Waals surface area contributed by atoms with Gasteiger partial charge in [-0.25, -0.2) is 0 Å². The van der Waals surface area contributed by atoms with E-state index in [9.17, 15) is 0 Å². The number of nitrogens with zero attached hydrogens (tertiary/aromatic N) is 1. The molecule has 0 fully saturated rings. The van der Waals surface area contributed by atoms with Gasteiger partial charge in [-0.15, -0.1) is 0 Å². The number of hydrogen-bond acceptors (Lipinski definition) is 1. The molecular weight excluding hydrogens is 366 g/mol. The average Bonchev–Trinajstić information content (AvgIpc) is 2.38. The molecule has 2 aromatic carbocycles. The van der Waals surface area contributed by atoms with Gasteiger partial charge in [0.1, 0.15) is 0 Å². The van der Waals surface area contributed by atoms with E-state index in [2.05, 4.69) is 93.2 Å². The van der Waals surface area contributed by atoms with Crippen LogP contribution >= 0.6 is 31.9 Å². The fraction of sp³-hybridized carbons (Fsp3) is 0.250. The minimum absolute atomic E-state index is 0.906. The molecule has 0 radical (unpaired) electrons. The SMILES string of the molecule is Cc1cc(CBr)ccc1N(C)Cc1cccc(Br)c1. The van der Waals surface area contributed by atoms with Crippen molar-refractivity contribution in [3.8, 4) is 0 Å². The standard InChI is InChI=1S/C16H17Br2N/c1-12-8-13(10-17)6-7-16(12)19(2)11-14-4-3-5-15(18)9-14/h3-9H,10-11H2,1-2H3. The predicted octanol–water partition coefficient (Wildman–Crippen LogP) is 5.29. The van der Waals surface area contributed by atoms with Crippen molar-refractivity contribution in [3.63, 3.8) is 0 Å². The Balaban J connectivity index is 2.18. The maximum atomic E-state index is 3.52. The van der Waals surface area contributed by atoms with Gasteiger partial charge in [0.05, 0.1) is 0 Å². The Morgan fingerprint density at radius 3 is 2.47 bits per heavy atom. The topological polar surface area (TPSA) is 3.24 Å². The lowest BCUT2D eigenvalue weighted by Gasteiger charge is -2.22. The summed E-state index contributed by atoms with van der Waals surface area (Å²) in [7, 11) is 2.14. The summed E-state index contributed by atoms with van der Waals surface area (Å²) in [5.41, 5.74) is 5.22. The quantitative estimate of drug-likeness (QED) is 0.649. The molecule has 2 rings (SSSR count). The van der Waals surface area contributed by atoms with E-state index in [1.165, 1.54) is 22.4 Å². The second kappa shape index (κ2) is 6.58. The Labute approximate surface area is 131 Å². The molecule has 19 heavy (non-hydrogen) atoms. The molecule has 0 bridgehead atoms. The molecule has 0 amide bonds. The lowest BCUT2D eigenvalue weighted by molar-refractivity contribution is 0.916. The van der Waals surface area contributed by atoms with E-state index in [0.29, 0.717) is 0 Å². The van der Waals surface area contributed by atoms with Crippen molar-refractivity contribution >= 4 is 37.5 Å². The first-order valence-corrected chi connectivity index (χ1v) is 8.12. The molecule has 0 N–H and O–H groups in total. The molecule has 0 aliphatic heterocycles. The zero-order chi connectivity index (χ0) is 13.8. The highest BCUT2D eigenvalue weighted by molar-refractivity contribution is 9.10. The highest BCUT2D eigenvalue weighted by atomic mass is 79.9. The van der Waals surface area contributed by atoms with E-state index in [4.69, 9.17) is 0 Å². The van der Waals surface area contributed by atoms with Gasteiger partial charge in [0.15, 0.2) is 0 Å². The summed E-state index contributed by atoms with van der Waals surface area (Å²) in [4.78, 5) is 2.29. The van der Waals surface area contributed by atoms with Gasteiger partial charge in [-0.2, -0.15) is 0 Å². The average molecular weight is 383 g/mol. The number of rotatable bonds is 4. The molecule has 0 atom stereocenters. The van der Waals surface area contributed by atoms with Crippen LogP contribution in [0.25, 0.3) is 0 Å². The monoisotopic (exact) mass is 381 g/mol. The minimum atomic E-state index is 0.906. The first-order chi connectivity index (χ1) is 9.10. The number of alkyl halides is 1. The largest absolute Gasteiger partial charge is 0.370 e. The lowest BCUT2D eigenvalue weighted by Crippen LogP contribution is -2.17. The Kier molecular flexibility index (Phi) is 5.06. The summed E-state index contributed by atoms with van der Waals surface area (Å²) in [6.45, 7) is 3.08.